The number of hydrogen-bond acceptors (Lipinski definition) is 4. The highest BCUT2D eigenvalue weighted by Gasteiger charge is 2.41. The molecule has 1 aliphatic rings. The summed E-state index contributed by atoms with van der Waals surface area (Å²) in [4.78, 5) is 14.2. The number of ether oxygens (including phenoxy) is 1. The number of rotatable bonds is 7. The highest BCUT2D eigenvalue weighted by Crippen LogP contribution is 2.43. The molecule has 1 aliphatic heterocycles. The molecule has 0 saturated carbocycles. The van der Waals surface area contributed by atoms with Crippen molar-refractivity contribution in [2.24, 2.45) is 0 Å². The quantitative estimate of drug-likeness (QED) is 0.131. The van der Waals surface area contributed by atoms with Crippen LogP contribution in [0.25, 0.3) is 17.1 Å². The zero-order chi connectivity index (χ0) is 31.2. The Hall–Kier alpha value is -4.30. The molecule has 9 heteroatoms. The van der Waals surface area contributed by atoms with Crippen molar-refractivity contribution in [3.05, 3.63) is 153 Å². The number of carbonyl (C=O) groups is 1. The van der Waals surface area contributed by atoms with Crippen molar-refractivity contribution in [3.63, 3.8) is 0 Å². The second-order valence-electron chi connectivity index (χ2n) is 10.7. The van der Waals surface area contributed by atoms with Gasteiger partial charge in [0, 0.05) is 27.3 Å². The molecule has 0 N–H and O–H groups in total. The molecule has 44 heavy (non-hydrogen) atoms. The summed E-state index contributed by atoms with van der Waals surface area (Å²) < 4.78 is 37.8. The minimum absolute atomic E-state index is 0.0498. The minimum atomic E-state index is -4.13. The van der Waals surface area contributed by atoms with Crippen LogP contribution in [0.4, 0.5) is 0 Å². The van der Waals surface area contributed by atoms with E-state index in [1.54, 1.807) is 85.9 Å². The SMILES string of the molecule is C=C(C(=O)OC(c1cccc(Cl)c1)c1cccc(Cl)c1)[C@H]1c2cc3ccccc3n2C=C(C)N1S(=O)(=O)c1ccc(C)cc1. The Morgan fingerprint density at radius 2 is 1.45 bits per heavy atom. The number of esters is 1. The molecule has 222 valence electrons. The lowest BCUT2D eigenvalue weighted by Gasteiger charge is -2.37. The summed E-state index contributed by atoms with van der Waals surface area (Å²) >= 11 is 12.6. The lowest BCUT2D eigenvalue weighted by atomic mass is 10.00. The molecule has 1 aromatic heterocycles. The number of hydrogen-bond donors (Lipinski definition) is 0. The average molecular weight is 644 g/mol. The molecule has 0 spiro atoms. The van der Waals surface area contributed by atoms with Gasteiger partial charge in [0.05, 0.1) is 21.7 Å². The van der Waals surface area contributed by atoms with E-state index in [4.69, 9.17) is 27.9 Å². The summed E-state index contributed by atoms with van der Waals surface area (Å²) in [6.07, 6.45) is 0.879. The molecule has 0 fully saturated rings. The second kappa shape index (κ2) is 11.7. The normalized spacial score (nSPS) is 14.8. The number of allylic oxidation sites excluding steroid dienone is 1. The Labute approximate surface area is 266 Å². The van der Waals surface area contributed by atoms with E-state index in [2.05, 4.69) is 6.58 Å². The van der Waals surface area contributed by atoms with Crippen LogP contribution in [0.2, 0.25) is 10.0 Å². The maximum Gasteiger partial charge on any atom is 0.336 e. The third kappa shape index (κ3) is 5.43. The van der Waals surface area contributed by atoms with Crippen LogP contribution in [0.15, 0.2) is 126 Å². The van der Waals surface area contributed by atoms with E-state index in [-0.39, 0.29) is 10.5 Å². The molecule has 0 unspecified atom stereocenters. The molecule has 1 atom stereocenters. The number of aromatic nitrogens is 1. The lowest BCUT2D eigenvalue weighted by Crippen LogP contribution is -2.39. The molecule has 0 amide bonds. The van der Waals surface area contributed by atoms with Crippen LogP contribution < -0.4 is 0 Å². The molecule has 0 bridgehead atoms. The van der Waals surface area contributed by atoms with Gasteiger partial charge in [-0.3, -0.25) is 4.31 Å². The molecule has 4 aromatic carbocycles. The fourth-order valence-electron chi connectivity index (χ4n) is 5.55. The van der Waals surface area contributed by atoms with E-state index >= 15 is 0 Å². The zero-order valence-corrected chi connectivity index (χ0v) is 26.3. The molecule has 5 aromatic rings. The van der Waals surface area contributed by atoms with Crippen molar-refractivity contribution in [3.8, 4) is 0 Å². The van der Waals surface area contributed by atoms with Crippen molar-refractivity contribution in [2.45, 2.75) is 30.9 Å². The van der Waals surface area contributed by atoms with Gasteiger partial charge in [-0.15, -0.1) is 0 Å². The van der Waals surface area contributed by atoms with Gasteiger partial charge in [0.2, 0.25) is 0 Å². The van der Waals surface area contributed by atoms with E-state index < -0.39 is 28.1 Å². The number of halogens is 2. The summed E-state index contributed by atoms with van der Waals surface area (Å²) in [5.41, 5.74) is 3.98. The first-order valence-electron chi connectivity index (χ1n) is 13.8. The molecule has 0 saturated heterocycles. The minimum Gasteiger partial charge on any atom is -0.449 e. The van der Waals surface area contributed by atoms with Gasteiger partial charge in [0.25, 0.3) is 10.0 Å². The summed E-state index contributed by atoms with van der Waals surface area (Å²) in [6.45, 7) is 7.75. The average Bonchev–Trinajstić information content (AvgIpc) is 3.37. The molecule has 6 nitrogen and oxygen atoms in total. The third-order valence-corrected chi connectivity index (χ3v) is 10.0. The van der Waals surface area contributed by atoms with Crippen molar-refractivity contribution in [1.29, 1.82) is 0 Å². The van der Waals surface area contributed by atoms with Crippen molar-refractivity contribution in [1.82, 2.24) is 8.87 Å². The Balaban J connectivity index is 1.46. The molecular formula is C35H28Cl2N2O4S. The fraction of sp³-hybridized carbons (Fsp3) is 0.114. The molecule has 6 rings (SSSR count). The van der Waals surface area contributed by atoms with Crippen molar-refractivity contribution < 1.29 is 17.9 Å². The first-order valence-corrected chi connectivity index (χ1v) is 16.0. The van der Waals surface area contributed by atoms with E-state index in [0.717, 1.165) is 16.5 Å². The molecule has 0 aliphatic carbocycles. The van der Waals surface area contributed by atoms with E-state index in [9.17, 15) is 13.2 Å². The van der Waals surface area contributed by atoms with E-state index in [1.165, 1.54) is 4.31 Å². The highest BCUT2D eigenvalue weighted by atomic mass is 35.5. The van der Waals surface area contributed by atoms with Crippen LogP contribution >= 0.6 is 23.2 Å². The smallest absolute Gasteiger partial charge is 0.336 e. The summed E-state index contributed by atoms with van der Waals surface area (Å²) in [7, 11) is -4.13. The van der Waals surface area contributed by atoms with Crippen molar-refractivity contribution >= 4 is 56.3 Å². The van der Waals surface area contributed by atoms with Crippen LogP contribution in [0.3, 0.4) is 0 Å². The Kier molecular flexibility index (Phi) is 7.88. The van der Waals surface area contributed by atoms with Gasteiger partial charge in [-0.25, -0.2) is 13.2 Å². The molecule has 2 heterocycles. The largest absolute Gasteiger partial charge is 0.449 e. The van der Waals surface area contributed by atoms with Crippen LogP contribution in [-0.4, -0.2) is 23.3 Å². The lowest BCUT2D eigenvalue weighted by molar-refractivity contribution is -0.143. The predicted molar refractivity (Wildman–Crippen MR) is 175 cm³/mol. The number of para-hydroxylation sites is 1. The van der Waals surface area contributed by atoms with Crippen LogP contribution in [0.1, 0.15) is 41.5 Å². The van der Waals surface area contributed by atoms with Crippen LogP contribution in [0.5, 0.6) is 0 Å². The van der Waals surface area contributed by atoms with Gasteiger partial charge >= 0.3 is 5.97 Å². The summed E-state index contributed by atoms with van der Waals surface area (Å²) in [5, 5.41) is 1.83. The van der Waals surface area contributed by atoms with Gasteiger partial charge in [-0.1, -0.05) is 89.9 Å². The zero-order valence-electron chi connectivity index (χ0n) is 23.9. The van der Waals surface area contributed by atoms with Gasteiger partial charge < -0.3 is 9.30 Å². The topological polar surface area (TPSA) is 68.6 Å². The maximum absolute atomic E-state index is 14.3. The number of fused-ring (bicyclic) bond motifs is 3. The third-order valence-electron chi connectivity index (χ3n) is 7.65. The standard InChI is InChI=1S/C35H28Cl2N2O4S/c1-22-14-16-30(17-15-22)44(41,42)39-23(2)21-38-31-13-5-4-8-25(31)20-32(38)33(39)24(3)35(40)43-34(26-9-6-11-28(36)18-26)27-10-7-12-29(37)19-27/h4-21,33-34H,3H2,1-2H3/t33-/m0/s1. The Bertz CT molecular complexity index is 2020. The van der Waals surface area contributed by atoms with E-state index in [0.29, 0.717) is 32.6 Å². The molecule has 0 radical (unpaired) electrons. The number of benzene rings is 4. The fourth-order valence-corrected chi connectivity index (χ4v) is 7.60. The number of carbonyl (C=O) groups excluding carboxylic acids is 1. The highest BCUT2D eigenvalue weighted by molar-refractivity contribution is 7.89. The Morgan fingerprint density at radius 1 is 0.841 bits per heavy atom. The summed E-state index contributed by atoms with van der Waals surface area (Å²) in [6, 6.07) is 29.1. The van der Waals surface area contributed by atoms with E-state index in [1.807, 2.05) is 41.8 Å². The van der Waals surface area contributed by atoms with Gasteiger partial charge in [-0.2, -0.15) is 0 Å². The monoisotopic (exact) mass is 642 g/mol. The number of nitrogens with zero attached hydrogens (tertiary/aromatic N) is 2. The van der Waals surface area contributed by atoms with Gasteiger partial charge in [0.15, 0.2) is 6.10 Å². The first kappa shape index (κ1) is 29.8. The molecular weight excluding hydrogens is 615 g/mol. The first-order chi connectivity index (χ1) is 21.0. The number of sulfonamides is 1. The Morgan fingerprint density at radius 3 is 2.07 bits per heavy atom. The predicted octanol–water partition coefficient (Wildman–Crippen LogP) is 8.71. The van der Waals surface area contributed by atoms with Gasteiger partial charge in [-0.05, 0) is 73.5 Å². The number of aryl methyl sites for hydroxylation is 1. The van der Waals surface area contributed by atoms with Crippen LogP contribution in [-0.2, 0) is 19.6 Å². The van der Waals surface area contributed by atoms with Gasteiger partial charge in [0.1, 0.15) is 6.04 Å². The summed E-state index contributed by atoms with van der Waals surface area (Å²) in [5.74, 6) is -0.768. The maximum atomic E-state index is 14.3. The van der Waals surface area contributed by atoms with Crippen molar-refractivity contribution in [2.75, 3.05) is 0 Å². The van der Waals surface area contributed by atoms with Crippen LogP contribution in [0, 0.1) is 6.92 Å². The second-order valence-corrected chi connectivity index (χ2v) is 13.4.